The van der Waals surface area contributed by atoms with E-state index in [1.165, 1.54) is 11.1 Å². The summed E-state index contributed by atoms with van der Waals surface area (Å²) in [7, 11) is 2.17. The molecule has 0 radical (unpaired) electrons. The minimum atomic E-state index is -1.13. The lowest BCUT2D eigenvalue weighted by molar-refractivity contribution is -0.916. The minimum Gasteiger partial charge on any atom is -1.00 e. The van der Waals surface area contributed by atoms with Gasteiger partial charge in [-0.2, -0.15) is 0 Å². The highest BCUT2D eigenvalue weighted by molar-refractivity contribution is 5.96. The van der Waals surface area contributed by atoms with Gasteiger partial charge in [0.2, 0.25) is 0 Å². The smallest absolute Gasteiger partial charge is 0.167 e. The molecule has 1 aliphatic heterocycles. The molecule has 4 heteroatoms. The van der Waals surface area contributed by atoms with E-state index < -0.39 is 11.5 Å². The SMILES string of the molecule is CC[N+]1(C)CC[C@@](O)(/C=C/c2ccc(C)cc2)[C@H](C(=O)/C=C/c2ccc(C)cc2)C1.[Br-]. The first-order valence-electron chi connectivity index (χ1n) is 10.8. The van der Waals surface area contributed by atoms with Gasteiger partial charge in [-0.1, -0.05) is 77.9 Å². The second-order valence-electron chi connectivity index (χ2n) is 9.03. The molecule has 0 bridgehead atoms. The van der Waals surface area contributed by atoms with Crippen molar-refractivity contribution in [3.63, 3.8) is 0 Å². The van der Waals surface area contributed by atoms with Gasteiger partial charge in [-0.3, -0.25) is 4.79 Å². The maximum absolute atomic E-state index is 13.2. The van der Waals surface area contributed by atoms with E-state index in [2.05, 4.69) is 33.0 Å². The summed E-state index contributed by atoms with van der Waals surface area (Å²) in [4.78, 5) is 13.2. The summed E-state index contributed by atoms with van der Waals surface area (Å²) in [6.45, 7) is 8.70. The summed E-state index contributed by atoms with van der Waals surface area (Å²) < 4.78 is 0.801. The highest BCUT2D eigenvalue weighted by Gasteiger charge is 2.48. The van der Waals surface area contributed by atoms with Crippen LogP contribution < -0.4 is 17.0 Å². The van der Waals surface area contributed by atoms with Crippen molar-refractivity contribution in [3.05, 3.63) is 82.9 Å². The number of quaternary nitrogens is 1. The summed E-state index contributed by atoms with van der Waals surface area (Å²) in [6.07, 6.45) is 7.88. The molecule has 3 rings (SSSR count). The van der Waals surface area contributed by atoms with Crippen LogP contribution in [0.2, 0.25) is 0 Å². The molecule has 0 spiro atoms. The molecule has 0 aromatic heterocycles. The maximum atomic E-state index is 13.2. The predicted molar refractivity (Wildman–Crippen MR) is 125 cm³/mol. The number of allylic oxidation sites excluding steroid dienone is 1. The lowest BCUT2D eigenvalue weighted by Gasteiger charge is -2.46. The first-order valence-corrected chi connectivity index (χ1v) is 10.8. The van der Waals surface area contributed by atoms with Gasteiger partial charge in [0.05, 0.1) is 26.7 Å². The van der Waals surface area contributed by atoms with Crippen LogP contribution >= 0.6 is 0 Å². The second kappa shape index (κ2) is 10.5. The summed E-state index contributed by atoms with van der Waals surface area (Å²) in [5, 5.41) is 11.5. The van der Waals surface area contributed by atoms with Gasteiger partial charge < -0.3 is 26.6 Å². The van der Waals surface area contributed by atoms with Crippen molar-refractivity contribution in [3.8, 4) is 0 Å². The molecule has 0 aliphatic carbocycles. The van der Waals surface area contributed by atoms with Gasteiger partial charge in [-0.15, -0.1) is 0 Å². The number of rotatable bonds is 6. The number of carbonyl (C=O) groups excluding carboxylic acids is 1. The Hall–Kier alpha value is -2.01. The minimum absolute atomic E-state index is 0. The van der Waals surface area contributed by atoms with E-state index in [1.54, 1.807) is 6.08 Å². The Morgan fingerprint density at radius 2 is 1.55 bits per heavy atom. The molecule has 1 heterocycles. The second-order valence-corrected chi connectivity index (χ2v) is 9.03. The van der Waals surface area contributed by atoms with Gasteiger partial charge in [0.25, 0.3) is 0 Å². The van der Waals surface area contributed by atoms with E-state index in [4.69, 9.17) is 0 Å². The van der Waals surface area contributed by atoms with Gasteiger partial charge in [0.15, 0.2) is 5.78 Å². The van der Waals surface area contributed by atoms with Crippen LogP contribution in [0.25, 0.3) is 12.2 Å². The molecule has 1 saturated heterocycles. The Labute approximate surface area is 197 Å². The van der Waals surface area contributed by atoms with Crippen molar-refractivity contribution in [1.29, 1.82) is 0 Å². The van der Waals surface area contributed by atoms with E-state index in [-0.39, 0.29) is 22.8 Å². The Bertz CT molecular complexity index is 933. The van der Waals surface area contributed by atoms with Crippen molar-refractivity contribution in [1.82, 2.24) is 0 Å². The van der Waals surface area contributed by atoms with Gasteiger partial charge >= 0.3 is 0 Å². The molecule has 2 aromatic carbocycles. The zero-order valence-electron chi connectivity index (χ0n) is 19.0. The zero-order chi connectivity index (χ0) is 21.8. The lowest BCUT2D eigenvalue weighted by Crippen LogP contribution is -3.00. The summed E-state index contributed by atoms with van der Waals surface area (Å²) >= 11 is 0. The number of ketones is 1. The first-order chi connectivity index (χ1) is 14.2. The third-order valence-corrected chi connectivity index (χ3v) is 6.54. The molecule has 3 atom stereocenters. The van der Waals surface area contributed by atoms with Crippen LogP contribution in [-0.4, -0.2) is 47.7 Å². The lowest BCUT2D eigenvalue weighted by atomic mass is 9.76. The van der Waals surface area contributed by atoms with Crippen LogP contribution in [0.4, 0.5) is 0 Å². The highest BCUT2D eigenvalue weighted by Crippen LogP contribution is 2.34. The number of nitrogens with zero attached hydrogens (tertiary/aromatic N) is 1. The number of aliphatic hydroxyl groups is 1. The molecule has 1 N–H and O–H groups in total. The number of halogens is 1. The van der Waals surface area contributed by atoms with Crippen molar-refractivity contribution in [2.45, 2.75) is 32.8 Å². The number of likely N-dealkylation sites (tertiary alicyclic amines) is 1. The fourth-order valence-electron chi connectivity index (χ4n) is 4.03. The molecule has 31 heavy (non-hydrogen) atoms. The molecule has 1 unspecified atom stereocenters. The summed E-state index contributed by atoms with van der Waals surface area (Å²) in [5.74, 6) is -0.469. The highest BCUT2D eigenvalue weighted by atomic mass is 79.9. The van der Waals surface area contributed by atoms with Gasteiger partial charge in [-0.25, -0.2) is 0 Å². The van der Waals surface area contributed by atoms with Gasteiger partial charge in [-0.05, 0) is 38.0 Å². The van der Waals surface area contributed by atoms with Gasteiger partial charge in [0.1, 0.15) is 11.5 Å². The van der Waals surface area contributed by atoms with E-state index >= 15 is 0 Å². The number of hydrogen-bond donors (Lipinski definition) is 1. The van der Waals surface area contributed by atoms with Crippen LogP contribution in [0.1, 0.15) is 35.6 Å². The molecular weight excluding hydrogens is 450 g/mol. The van der Waals surface area contributed by atoms with E-state index in [9.17, 15) is 9.90 Å². The fourth-order valence-corrected chi connectivity index (χ4v) is 4.03. The number of carbonyl (C=O) groups is 1. The average molecular weight is 484 g/mol. The third-order valence-electron chi connectivity index (χ3n) is 6.54. The Morgan fingerprint density at radius 1 is 1.03 bits per heavy atom. The molecule has 1 fully saturated rings. The van der Waals surface area contributed by atoms with Crippen molar-refractivity contribution in [2.24, 2.45) is 5.92 Å². The van der Waals surface area contributed by atoms with Crippen molar-refractivity contribution >= 4 is 17.9 Å². The molecular formula is C27H34BrNO2. The summed E-state index contributed by atoms with van der Waals surface area (Å²) in [6, 6.07) is 16.3. The Balaban J connectivity index is 0.00000341. The molecule has 0 saturated carbocycles. The van der Waals surface area contributed by atoms with Crippen molar-refractivity contribution in [2.75, 3.05) is 26.7 Å². The first kappa shape index (κ1) is 25.3. The average Bonchev–Trinajstić information content (AvgIpc) is 2.75. The number of piperidine rings is 1. The third kappa shape index (κ3) is 6.49. The normalized spacial score (nSPS) is 26.2. The molecule has 1 aliphatic rings. The maximum Gasteiger partial charge on any atom is 0.167 e. The van der Waals surface area contributed by atoms with Crippen LogP contribution in [-0.2, 0) is 4.79 Å². The topological polar surface area (TPSA) is 37.3 Å². The Morgan fingerprint density at radius 3 is 2.06 bits per heavy atom. The predicted octanol–water partition coefficient (Wildman–Crippen LogP) is 1.82. The van der Waals surface area contributed by atoms with E-state index in [1.807, 2.05) is 61.5 Å². The summed E-state index contributed by atoms with van der Waals surface area (Å²) in [5.41, 5.74) is 3.29. The molecule has 2 aromatic rings. The van der Waals surface area contributed by atoms with Crippen LogP contribution in [0, 0.1) is 19.8 Å². The Kier molecular flexibility index (Phi) is 8.58. The monoisotopic (exact) mass is 483 g/mol. The van der Waals surface area contributed by atoms with Crippen LogP contribution in [0.15, 0.2) is 60.7 Å². The largest absolute Gasteiger partial charge is 1.00 e. The number of benzene rings is 2. The zero-order valence-corrected chi connectivity index (χ0v) is 20.6. The van der Waals surface area contributed by atoms with E-state index in [0.717, 1.165) is 28.7 Å². The molecule has 3 nitrogen and oxygen atoms in total. The van der Waals surface area contributed by atoms with Crippen LogP contribution in [0.5, 0.6) is 0 Å². The quantitative estimate of drug-likeness (QED) is 0.502. The fraction of sp³-hybridized carbons (Fsp3) is 0.370. The molecule has 166 valence electrons. The van der Waals surface area contributed by atoms with Crippen LogP contribution in [0.3, 0.4) is 0 Å². The standard InChI is InChI=1S/C27H34NO2.BrH/c1-5-28(4)19-18-27(30,17-16-24-12-8-22(3)9-13-24)25(20-28)26(29)15-14-23-10-6-21(2)7-11-23;/h6-17,25,30H,5,18-20H2,1-4H3;1H/q+1;/p-1/b15-14+,17-16+;/t25-,27-,28?;/m0./s1. The molecule has 0 amide bonds. The van der Waals surface area contributed by atoms with E-state index in [0.29, 0.717) is 13.0 Å². The van der Waals surface area contributed by atoms with Crippen molar-refractivity contribution < 1.29 is 31.4 Å². The number of hydrogen-bond acceptors (Lipinski definition) is 2. The number of aryl methyl sites for hydroxylation is 2. The van der Waals surface area contributed by atoms with Gasteiger partial charge in [0, 0.05) is 6.42 Å².